The second-order valence-corrected chi connectivity index (χ2v) is 6.50. The molecule has 1 rings (SSSR count). The minimum absolute atomic E-state index is 0.0737. The maximum absolute atomic E-state index is 12.2. The molecule has 22 heavy (non-hydrogen) atoms. The van der Waals surface area contributed by atoms with Crippen molar-refractivity contribution in [2.24, 2.45) is 11.1 Å². The Morgan fingerprint density at radius 1 is 1.14 bits per heavy atom. The van der Waals surface area contributed by atoms with Crippen LogP contribution in [-0.4, -0.2) is 33.3 Å². The summed E-state index contributed by atoms with van der Waals surface area (Å²) >= 11 is 0. The Hall–Kier alpha value is -1.92. The van der Waals surface area contributed by atoms with Crippen LogP contribution in [0.3, 0.4) is 0 Å². The van der Waals surface area contributed by atoms with Gasteiger partial charge in [0.25, 0.3) is 0 Å². The summed E-state index contributed by atoms with van der Waals surface area (Å²) < 4.78 is 5.05. The molecule has 0 radical (unpaired) electrons. The third kappa shape index (κ3) is 3.13. The van der Waals surface area contributed by atoms with Gasteiger partial charge < -0.3 is 20.7 Å². The first kappa shape index (κ1) is 18.1. The van der Waals surface area contributed by atoms with E-state index in [4.69, 9.17) is 10.5 Å². The fourth-order valence-electron chi connectivity index (χ4n) is 2.28. The fourth-order valence-corrected chi connectivity index (χ4v) is 2.28. The number of hydrogen-bond donors (Lipinski definition) is 3. The van der Waals surface area contributed by atoms with E-state index in [1.54, 1.807) is 45.0 Å². The summed E-state index contributed by atoms with van der Waals surface area (Å²) in [5.74, 6) is -2.54. The maximum atomic E-state index is 12.2. The first-order chi connectivity index (χ1) is 9.94. The number of carboxylic acids is 1. The average Bonchev–Trinajstić information content (AvgIpc) is 2.43. The number of nitrogens with two attached hydrogens (primary N) is 1. The topological polar surface area (TPSA) is 110 Å². The Labute approximate surface area is 129 Å². The lowest BCUT2D eigenvalue weighted by molar-refractivity contribution is -0.188. The summed E-state index contributed by atoms with van der Waals surface area (Å²) in [6.07, 6.45) is 0. The lowest BCUT2D eigenvalue weighted by Crippen LogP contribution is -2.73. The first-order valence-corrected chi connectivity index (χ1v) is 6.90. The molecule has 6 heteroatoms. The van der Waals surface area contributed by atoms with Crippen LogP contribution >= 0.6 is 0 Å². The SMILES string of the molecule is CC(C)(C)C(N)(C(=O)O)C(C)(O)C(=O)OCc1ccccc1. The van der Waals surface area contributed by atoms with Crippen LogP contribution in [0.15, 0.2) is 30.3 Å². The molecule has 0 fully saturated rings. The van der Waals surface area contributed by atoms with Gasteiger partial charge in [-0.2, -0.15) is 0 Å². The highest BCUT2D eigenvalue weighted by molar-refractivity contribution is 5.93. The largest absolute Gasteiger partial charge is 0.480 e. The number of rotatable bonds is 5. The number of aliphatic hydroxyl groups is 1. The van der Waals surface area contributed by atoms with Gasteiger partial charge in [0, 0.05) is 0 Å². The molecular weight excluding hydrogens is 286 g/mol. The van der Waals surface area contributed by atoms with Crippen LogP contribution < -0.4 is 5.73 Å². The zero-order chi connectivity index (χ0) is 17.2. The van der Waals surface area contributed by atoms with E-state index in [0.29, 0.717) is 0 Å². The molecule has 2 atom stereocenters. The van der Waals surface area contributed by atoms with E-state index in [0.717, 1.165) is 12.5 Å². The van der Waals surface area contributed by atoms with Gasteiger partial charge in [-0.25, -0.2) is 4.79 Å². The van der Waals surface area contributed by atoms with Crippen LogP contribution in [0, 0.1) is 5.41 Å². The van der Waals surface area contributed by atoms with Gasteiger partial charge in [-0.3, -0.25) is 4.79 Å². The minimum atomic E-state index is -2.38. The second kappa shape index (κ2) is 6.06. The summed E-state index contributed by atoms with van der Waals surface area (Å²) in [5, 5.41) is 20.0. The van der Waals surface area contributed by atoms with E-state index < -0.39 is 28.5 Å². The minimum Gasteiger partial charge on any atom is -0.480 e. The molecule has 6 nitrogen and oxygen atoms in total. The van der Waals surface area contributed by atoms with Crippen molar-refractivity contribution in [3.8, 4) is 0 Å². The number of aliphatic carboxylic acids is 1. The van der Waals surface area contributed by atoms with Gasteiger partial charge in [-0.1, -0.05) is 51.1 Å². The van der Waals surface area contributed by atoms with Crippen LogP contribution in [-0.2, 0) is 20.9 Å². The number of esters is 1. The molecule has 0 aliphatic heterocycles. The summed E-state index contributed by atoms with van der Waals surface area (Å²) in [6, 6.07) is 8.87. The molecule has 1 aromatic rings. The van der Waals surface area contributed by atoms with Crippen molar-refractivity contribution < 1.29 is 24.5 Å². The quantitative estimate of drug-likeness (QED) is 0.707. The van der Waals surface area contributed by atoms with Crippen LogP contribution in [0.1, 0.15) is 33.3 Å². The Morgan fingerprint density at radius 2 is 1.64 bits per heavy atom. The summed E-state index contributed by atoms with van der Waals surface area (Å²) in [5.41, 5.74) is 0.979. The van der Waals surface area contributed by atoms with E-state index in [1.807, 2.05) is 6.07 Å². The molecule has 122 valence electrons. The van der Waals surface area contributed by atoms with Crippen molar-refractivity contribution in [2.75, 3.05) is 0 Å². The highest BCUT2D eigenvalue weighted by Crippen LogP contribution is 2.38. The van der Waals surface area contributed by atoms with Gasteiger partial charge >= 0.3 is 11.9 Å². The van der Waals surface area contributed by atoms with Crippen molar-refractivity contribution >= 4 is 11.9 Å². The number of carbonyl (C=O) groups is 2. The molecule has 4 N–H and O–H groups in total. The van der Waals surface area contributed by atoms with Crippen molar-refractivity contribution in [3.05, 3.63) is 35.9 Å². The molecular formula is C16H23NO5. The van der Waals surface area contributed by atoms with Gasteiger partial charge in [0.05, 0.1) is 0 Å². The maximum Gasteiger partial charge on any atom is 0.340 e. The molecule has 0 spiro atoms. The van der Waals surface area contributed by atoms with Gasteiger partial charge in [-0.05, 0) is 17.9 Å². The van der Waals surface area contributed by atoms with Crippen LogP contribution in [0.25, 0.3) is 0 Å². The first-order valence-electron chi connectivity index (χ1n) is 6.90. The smallest absolute Gasteiger partial charge is 0.340 e. The third-order valence-corrected chi connectivity index (χ3v) is 3.90. The lowest BCUT2D eigenvalue weighted by Gasteiger charge is -2.45. The number of carboxylic acid groups (broad SMARTS) is 1. The Kier molecular flexibility index (Phi) is 4.99. The molecule has 0 saturated carbocycles. The normalized spacial score (nSPS) is 17.2. The molecule has 0 amide bonds. The molecule has 0 saturated heterocycles. The lowest BCUT2D eigenvalue weighted by atomic mass is 9.65. The molecule has 0 heterocycles. The van der Waals surface area contributed by atoms with Crippen molar-refractivity contribution in [1.82, 2.24) is 0 Å². The molecule has 0 aliphatic carbocycles. The highest BCUT2D eigenvalue weighted by Gasteiger charge is 2.62. The molecule has 2 unspecified atom stereocenters. The van der Waals surface area contributed by atoms with Crippen molar-refractivity contribution in [2.45, 2.75) is 45.4 Å². The Balaban J connectivity index is 3.00. The van der Waals surface area contributed by atoms with E-state index in [2.05, 4.69) is 0 Å². The second-order valence-electron chi connectivity index (χ2n) is 6.50. The highest BCUT2D eigenvalue weighted by atomic mass is 16.6. The van der Waals surface area contributed by atoms with E-state index in [9.17, 15) is 19.8 Å². The van der Waals surface area contributed by atoms with Gasteiger partial charge in [0.15, 0.2) is 11.1 Å². The summed E-state index contributed by atoms with van der Waals surface area (Å²) in [7, 11) is 0. The molecule has 0 bridgehead atoms. The third-order valence-electron chi connectivity index (χ3n) is 3.90. The molecule has 1 aromatic carbocycles. The van der Waals surface area contributed by atoms with E-state index in [-0.39, 0.29) is 6.61 Å². The Bertz CT molecular complexity index is 547. The standard InChI is InChI=1S/C16H23NO5/c1-14(2,3)16(17,12(18)19)15(4,21)13(20)22-10-11-8-6-5-7-9-11/h5-9,21H,10,17H2,1-4H3,(H,18,19). The number of hydrogen-bond acceptors (Lipinski definition) is 5. The van der Waals surface area contributed by atoms with Crippen molar-refractivity contribution in [3.63, 3.8) is 0 Å². The summed E-state index contributed by atoms with van der Waals surface area (Å²) in [4.78, 5) is 23.8. The van der Waals surface area contributed by atoms with Gasteiger partial charge in [0.2, 0.25) is 0 Å². The zero-order valence-electron chi connectivity index (χ0n) is 13.3. The van der Waals surface area contributed by atoms with Gasteiger partial charge in [-0.15, -0.1) is 0 Å². The van der Waals surface area contributed by atoms with E-state index in [1.165, 1.54) is 0 Å². The predicted molar refractivity (Wildman–Crippen MR) is 80.9 cm³/mol. The molecule has 0 aromatic heterocycles. The summed E-state index contributed by atoms with van der Waals surface area (Å²) in [6.45, 7) is 5.62. The number of carbonyl (C=O) groups excluding carboxylic acids is 1. The predicted octanol–water partition coefficient (Wildman–Crippen LogP) is 1.31. The van der Waals surface area contributed by atoms with E-state index >= 15 is 0 Å². The zero-order valence-corrected chi connectivity index (χ0v) is 13.3. The fraction of sp³-hybridized carbons (Fsp3) is 0.500. The monoisotopic (exact) mass is 309 g/mol. The Morgan fingerprint density at radius 3 is 2.05 bits per heavy atom. The van der Waals surface area contributed by atoms with Crippen LogP contribution in [0.2, 0.25) is 0 Å². The average molecular weight is 309 g/mol. The number of benzene rings is 1. The number of ether oxygens (including phenoxy) is 1. The van der Waals surface area contributed by atoms with Crippen molar-refractivity contribution in [1.29, 1.82) is 0 Å². The van der Waals surface area contributed by atoms with Crippen LogP contribution in [0.4, 0.5) is 0 Å². The van der Waals surface area contributed by atoms with Crippen LogP contribution in [0.5, 0.6) is 0 Å². The molecule has 0 aliphatic rings. The van der Waals surface area contributed by atoms with Gasteiger partial charge in [0.1, 0.15) is 6.61 Å².